The molecule has 0 saturated heterocycles. The quantitative estimate of drug-likeness (QED) is 0.194. The number of hydrogen-bond donors (Lipinski definition) is 0. The van der Waals surface area contributed by atoms with E-state index in [-0.39, 0.29) is 18.9 Å². The van der Waals surface area contributed by atoms with E-state index in [1.165, 1.54) is 16.7 Å². The fourth-order valence-electron chi connectivity index (χ4n) is 4.01. The Kier molecular flexibility index (Phi) is 7.84. The molecule has 0 bridgehead atoms. The van der Waals surface area contributed by atoms with Crippen molar-refractivity contribution in [3.05, 3.63) is 162 Å². The third kappa shape index (κ3) is 5.41. The molecule has 5 aromatic rings. The Bertz CT molecular complexity index is 1230. The van der Waals surface area contributed by atoms with Crippen molar-refractivity contribution in [1.82, 2.24) is 0 Å². The molecule has 158 valence electrons. The molecule has 0 aliphatic heterocycles. The van der Waals surface area contributed by atoms with Crippen LogP contribution in [0.5, 0.6) is 0 Å². The van der Waals surface area contributed by atoms with E-state index in [1.54, 1.807) is 0 Å². The zero-order chi connectivity index (χ0) is 22.3. The molecule has 0 atom stereocenters. The Hall–Kier alpha value is -3.76. The molecule has 2 heteroatoms. The van der Waals surface area contributed by atoms with Crippen molar-refractivity contribution in [3.63, 3.8) is 0 Å². The molecule has 5 aromatic carbocycles. The van der Waals surface area contributed by atoms with Crippen LogP contribution in [0, 0.1) is 6.07 Å². The monoisotopic (exact) mass is 429 g/mol. The summed E-state index contributed by atoms with van der Waals surface area (Å²) in [5.41, 5.74) is 8.14. The molecule has 0 unspecified atom stereocenters. The Balaban J connectivity index is 0.00000274. The molecular formula is C32H24LiN. The summed E-state index contributed by atoms with van der Waals surface area (Å²) in [4.78, 5) is 2.26. The van der Waals surface area contributed by atoms with Gasteiger partial charge in [-0.05, 0) is 52.6 Å². The van der Waals surface area contributed by atoms with E-state index in [1.807, 2.05) is 18.2 Å². The molecule has 0 amide bonds. The van der Waals surface area contributed by atoms with Crippen LogP contribution in [0.2, 0.25) is 0 Å². The number of para-hydroxylation sites is 1. The summed E-state index contributed by atoms with van der Waals surface area (Å²) in [6, 6.07) is 51.5. The van der Waals surface area contributed by atoms with Gasteiger partial charge in [-0.25, -0.2) is 0 Å². The number of hydrogen-bond acceptors (Lipinski definition) is 1. The molecule has 0 N–H and O–H groups in total. The average Bonchev–Trinajstić information content (AvgIpc) is 2.91. The van der Waals surface area contributed by atoms with Gasteiger partial charge in [0.15, 0.2) is 0 Å². The summed E-state index contributed by atoms with van der Waals surface area (Å²) < 4.78 is 0. The molecule has 0 heterocycles. The van der Waals surface area contributed by atoms with Gasteiger partial charge >= 0.3 is 18.9 Å². The predicted molar refractivity (Wildman–Crippen MR) is 140 cm³/mol. The van der Waals surface area contributed by atoms with E-state index < -0.39 is 0 Å². The molecule has 0 aliphatic rings. The fraction of sp³-hybridized carbons (Fsp3) is 0. The number of rotatable bonds is 6. The Morgan fingerprint density at radius 1 is 0.500 bits per heavy atom. The second kappa shape index (κ2) is 11.4. The summed E-state index contributed by atoms with van der Waals surface area (Å²) in [6.45, 7) is 0. The van der Waals surface area contributed by atoms with Crippen LogP contribution in [0.4, 0.5) is 17.1 Å². The van der Waals surface area contributed by atoms with Crippen molar-refractivity contribution in [1.29, 1.82) is 0 Å². The zero-order valence-electron chi connectivity index (χ0n) is 19.3. The van der Waals surface area contributed by atoms with E-state index >= 15 is 0 Å². The number of nitrogens with zero attached hydrogens (tertiary/aromatic N) is 1. The van der Waals surface area contributed by atoms with Gasteiger partial charge in [0.25, 0.3) is 0 Å². The van der Waals surface area contributed by atoms with E-state index in [9.17, 15) is 0 Å². The number of benzene rings is 5. The van der Waals surface area contributed by atoms with Gasteiger partial charge in [0.05, 0.1) is 0 Å². The van der Waals surface area contributed by atoms with Crippen molar-refractivity contribution in [2.45, 2.75) is 0 Å². The maximum absolute atomic E-state index is 3.12. The first kappa shape index (κ1) is 23.4. The van der Waals surface area contributed by atoms with Crippen molar-refractivity contribution in [3.8, 4) is 0 Å². The number of anilines is 3. The van der Waals surface area contributed by atoms with Crippen LogP contribution in [-0.4, -0.2) is 0 Å². The van der Waals surface area contributed by atoms with Crippen molar-refractivity contribution in [2.24, 2.45) is 0 Å². The van der Waals surface area contributed by atoms with E-state index in [4.69, 9.17) is 0 Å². The first-order valence-electron chi connectivity index (χ1n) is 11.1. The summed E-state index contributed by atoms with van der Waals surface area (Å²) >= 11 is 0. The fourth-order valence-corrected chi connectivity index (χ4v) is 4.01. The molecule has 0 radical (unpaired) electrons. The van der Waals surface area contributed by atoms with Gasteiger partial charge in [0, 0.05) is 11.4 Å². The minimum atomic E-state index is 0. The van der Waals surface area contributed by atoms with Crippen molar-refractivity contribution >= 4 is 28.7 Å². The standard InChI is InChI=1S/C32H24N.Li/c1-5-13-27(14-6-1)32(28-15-7-2-8-16-28)25-26-21-23-31(24-22-26)33(29-17-9-3-10-18-29)30-19-11-4-12-20-30;/h1-3,5-25H;/q-1;+1. The molecule has 0 saturated carbocycles. The Morgan fingerprint density at radius 3 is 1.47 bits per heavy atom. The van der Waals surface area contributed by atoms with Gasteiger partial charge in [0.2, 0.25) is 0 Å². The molecule has 5 rings (SSSR count). The van der Waals surface area contributed by atoms with Gasteiger partial charge < -0.3 is 4.90 Å². The zero-order valence-corrected chi connectivity index (χ0v) is 19.3. The minimum Gasteiger partial charge on any atom is -0.334 e. The maximum Gasteiger partial charge on any atom is 1.00 e. The van der Waals surface area contributed by atoms with Crippen molar-refractivity contribution < 1.29 is 18.9 Å². The van der Waals surface area contributed by atoms with Crippen LogP contribution >= 0.6 is 0 Å². The van der Waals surface area contributed by atoms with Crippen LogP contribution in [-0.2, 0) is 0 Å². The summed E-state index contributed by atoms with van der Waals surface area (Å²) in [7, 11) is 0. The van der Waals surface area contributed by atoms with Gasteiger partial charge in [-0.15, -0.1) is 12.1 Å². The van der Waals surface area contributed by atoms with Crippen LogP contribution in [0.1, 0.15) is 16.7 Å². The molecule has 34 heavy (non-hydrogen) atoms. The second-order valence-electron chi connectivity index (χ2n) is 7.81. The van der Waals surface area contributed by atoms with Crippen LogP contribution in [0.25, 0.3) is 11.6 Å². The molecule has 0 aromatic heterocycles. The first-order valence-corrected chi connectivity index (χ1v) is 11.1. The molecule has 0 aliphatic carbocycles. The molecular weight excluding hydrogens is 405 g/mol. The van der Waals surface area contributed by atoms with Gasteiger partial charge in [-0.3, -0.25) is 0 Å². The van der Waals surface area contributed by atoms with E-state index in [0.717, 1.165) is 22.6 Å². The first-order chi connectivity index (χ1) is 16.4. The summed E-state index contributed by atoms with van der Waals surface area (Å²) in [5.74, 6) is 0. The molecule has 0 spiro atoms. The molecule has 1 nitrogen and oxygen atoms in total. The summed E-state index contributed by atoms with van der Waals surface area (Å²) in [6.07, 6.45) is 2.26. The maximum atomic E-state index is 3.12. The second-order valence-corrected chi connectivity index (χ2v) is 7.81. The van der Waals surface area contributed by atoms with Crippen LogP contribution < -0.4 is 23.8 Å². The SMILES string of the molecule is [Li+].[c-]1ccc(N(c2ccccc2)c2ccc(C=C(c3ccccc3)c3ccccc3)cc2)cc1. The average molecular weight is 429 g/mol. The molecule has 0 fully saturated rings. The van der Waals surface area contributed by atoms with Crippen LogP contribution in [0.3, 0.4) is 0 Å². The minimum absolute atomic E-state index is 0. The van der Waals surface area contributed by atoms with Gasteiger partial charge in [-0.2, -0.15) is 18.2 Å². The normalized spacial score (nSPS) is 10.1. The third-order valence-corrected chi connectivity index (χ3v) is 5.61. The smallest absolute Gasteiger partial charge is 0.334 e. The largest absolute Gasteiger partial charge is 1.00 e. The Morgan fingerprint density at radius 2 is 0.941 bits per heavy atom. The van der Waals surface area contributed by atoms with E-state index in [2.05, 4.69) is 138 Å². The summed E-state index contributed by atoms with van der Waals surface area (Å²) in [5, 5.41) is 0. The topological polar surface area (TPSA) is 3.24 Å². The predicted octanol–water partition coefficient (Wildman–Crippen LogP) is 5.55. The van der Waals surface area contributed by atoms with Gasteiger partial charge in [0.1, 0.15) is 0 Å². The Labute approximate surface area is 214 Å². The van der Waals surface area contributed by atoms with E-state index in [0.29, 0.717) is 0 Å². The van der Waals surface area contributed by atoms with Crippen LogP contribution in [0.15, 0.2) is 140 Å². The third-order valence-electron chi connectivity index (χ3n) is 5.61. The van der Waals surface area contributed by atoms with Gasteiger partial charge in [-0.1, -0.05) is 96.7 Å². The van der Waals surface area contributed by atoms with Crippen molar-refractivity contribution in [2.75, 3.05) is 4.90 Å².